The monoisotopic (exact) mass is 434 g/mol. The molecule has 7 nitrogen and oxygen atoms in total. The Morgan fingerprint density at radius 1 is 1.17 bits per heavy atom. The number of sulfonamides is 1. The number of benzene rings is 2. The van der Waals surface area contributed by atoms with Gasteiger partial charge in [-0.25, -0.2) is 12.8 Å². The van der Waals surface area contributed by atoms with Crippen LogP contribution in [0.1, 0.15) is 24.0 Å². The number of hydrogen-bond donors (Lipinski definition) is 1. The topological polar surface area (TPSA) is 84.9 Å². The van der Waals surface area contributed by atoms with Crippen LogP contribution in [0.3, 0.4) is 0 Å². The third-order valence-corrected chi connectivity index (χ3v) is 7.23. The molecule has 0 aliphatic carbocycles. The van der Waals surface area contributed by atoms with Crippen LogP contribution in [0.2, 0.25) is 0 Å². The van der Waals surface area contributed by atoms with Crippen molar-refractivity contribution in [2.75, 3.05) is 19.8 Å². The van der Waals surface area contributed by atoms with Gasteiger partial charge >= 0.3 is 0 Å². The Labute approximate surface area is 174 Å². The van der Waals surface area contributed by atoms with Crippen molar-refractivity contribution in [1.29, 1.82) is 0 Å². The van der Waals surface area contributed by atoms with Crippen LogP contribution in [0.5, 0.6) is 11.5 Å². The van der Waals surface area contributed by atoms with Gasteiger partial charge in [0.2, 0.25) is 15.9 Å². The molecule has 0 saturated carbocycles. The molecule has 2 aliphatic heterocycles. The molecule has 1 atom stereocenters. The number of ether oxygens (including phenoxy) is 2. The Bertz CT molecular complexity index is 1070. The highest BCUT2D eigenvalue weighted by atomic mass is 32.2. The Balaban J connectivity index is 1.49. The SMILES string of the molecule is Cc1ccc(CNC(=O)[C@H]2CCCN2S(=O)(=O)c2ccc3c(c2)OCCO3)cc1F. The van der Waals surface area contributed by atoms with E-state index in [1.54, 1.807) is 25.1 Å². The van der Waals surface area contributed by atoms with Crippen LogP contribution in [0.15, 0.2) is 41.3 Å². The molecule has 2 aromatic carbocycles. The molecule has 2 heterocycles. The number of fused-ring (bicyclic) bond motifs is 1. The van der Waals surface area contributed by atoms with E-state index < -0.39 is 22.0 Å². The minimum Gasteiger partial charge on any atom is -0.486 e. The highest BCUT2D eigenvalue weighted by Crippen LogP contribution is 2.34. The summed E-state index contributed by atoms with van der Waals surface area (Å²) in [6.45, 7) is 2.82. The van der Waals surface area contributed by atoms with Crippen molar-refractivity contribution >= 4 is 15.9 Å². The molecule has 0 spiro atoms. The first-order chi connectivity index (χ1) is 14.4. The lowest BCUT2D eigenvalue weighted by molar-refractivity contribution is -0.124. The molecule has 0 radical (unpaired) electrons. The van der Waals surface area contributed by atoms with E-state index in [4.69, 9.17) is 9.47 Å². The van der Waals surface area contributed by atoms with Gasteiger partial charge in [-0.1, -0.05) is 12.1 Å². The van der Waals surface area contributed by atoms with E-state index >= 15 is 0 Å². The number of carbonyl (C=O) groups is 1. The molecule has 1 saturated heterocycles. The predicted octanol–water partition coefficient (Wildman–Crippen LogP) is 2.37. The van der Waals surface area contributed by atoms with Gasteiger partial charge in [0.15, 0.2) is 11.5 Å². The van der Waals surface area contributed by atoms with E-state index in [2.05, 4.69) is 5.32 Å². The van der Waals surface area contributed by atoms with Crippen molar-refractivity contribution in [2.24, 2.45) is 0 Å². The number of amides is 1. The summed E-state index contributed by atoms with van der Waals surface area (Å²) in [5.41, 5.74) is 1.14. The van der Waals surface area contributed by atoms with Crippen LogP contribution in [0, 0.1) is 12.7 Å². The van der Waals surface area contributed by atoms with E-state index in [0.29, 0.717) is 48.7 Å². The van der Waals surface area contributed by atoms with Crippen LogP contribution >= 0.6 is 0 Å². The minimum atomic E-state index is -3.88. The van der Waals surface area contributed by atoms with Crippen molar-refractivity contribution in [2.45, 2.75) is 37.2 Å². The number of aryl methyl sites for hydroxylation is 1. The largest absolute Gasteiger partial charge is 0.486 e. The maximum absolute atomic E-state index is 13.7. The van der Waals surface area contributed by atoms with Crippen LogP contribution < -0.4 is 14.8 Å². The van der Waals surface area contributed by atoms with Gasteiger partial charge in [-0.15, -0.1) is 0 Å². The molecule has 0 unspecified atom stereocenters. The summed E-state index contributed by atoms with van der Waals surface area (Å²) in [5, 5.41) is 2.73. The number of nitrogens with one attached hydrogen (secondary N) is 1. The number of rotatable bonds is 5. The van der Waals surface area contributed by atoms with Gasteiger partial charge in [0.05, 0.1) is 4.90 Å². The second-order valence-corrected chi connectivity index (χ2v) is 9.27. The smallest absolute Gasteiger partial charge is 0.243 e. The number of nitrogens with zero attached hydrogens (tertiary/aromatic N) is 1. The van der Waals surface area contributed by atoms with Gasteiger partial charge in [-0.05, 0) is 49.1 Å². The third kappa shape index (κ3) is 3.99. The molecule has 1 amide bonds. The highest BCUT2D eigenvalue weighted by molar-refractivity contribution is 7.89. The second-order valence-electron chi connectivity index (χ2n) is 7.38. The fourth-order valence-corrected chi connectivity index (χ4v) is 5.34. The molecule has 0 bridgehead atoms. The molecule has 30 heavy (non-hydrogen) atoms. The second kappa shape index (κ2) is 8.23. The normalized spacial score (nSPS) is 18.9. The maximum atomic E-state index is 13.7. The standard InChI is InChI=1S/C21H23FN2O5S/c1-14-4-5-15(11-17(14)22)13-23-21(25)18-3-2-8-24(18)30(26,27)16-6-7-19-20(12-16)29-10-9-28-19/h4-7,11-12,18H,2-3,8-10,13H2,1H3,(H,23,25)/t18-/m1/s1. The highest BCUT2D eigenvalue weighted by Gasteiger charge is 2.39. The number of halogens is 1. The summed E-state index contributed by atoms with van der Waals surface area (Å²) in [6, 6.07) is 8.41. The summed E-state index contributed by atoms with van der Waals surface area (Å²) in [4.78, 5) is 12.8. The maximum Gasteiger partial charge on any atom is 0.243 e. The quantitative estimate of drug-likeness (QED) is 0.781. The molecule has 2 aromatic rings. The van der Waals surface area contributed by atoms with E-state index in [0.717, 1.165) is 0 Å². The zero-order valence-corrected chi connectivity index (χ0v) is 17.4. The van der Waals surface area contributed by atoms with Crippen LogP contribution in [0.25, 0.3) is 0 Å². The van der Waals surface area contributed by atoms with E-state index in [-0.39, 0.29) is 23.8 Å². The fraction of sp³-hybridized carbons (Fsp3) is 0.381. The van der Waals surface area contributed by atoms with Gasteiger partial charge in [0.25, 0.3) is 0 Å². The van der Waals surface area contributed by atoms with Crippen molar-refractivity contribution < 1.29 is 27.1 Å². The van der Waals surface area contributed by atoms with Crippen LogP contribution in [-0.4, -0.2) is 44.4 Å². The van der Waals surface area contributed by atoms with Gasteiger partial charge in [0, 0.05) is 19.2 Å². The molecule has 9 heteroatoms. The lowest BCUT2D eigenvalue weighted by Gasteiger charge is -2.24. The van der Waals surface area contributed by atoms with Gasteiger partial charge in [-0.2, -0.15) is 4.31 Å². The Morgan fingerprint density at radius 2 is 1.93 bits per heavy atom. The first-order valence-electron chi connectivity index (χ1n) is 9.80. The van der Waals surface area contributed by atoms with E-state index in [9.17, 15) is 17.6 Å². The summed E-state index contributed by atoms with van der Waals surface area (Å²) >= 11 is 0. The van der Waals surface area contributed by atoms with Crippen LogP contribution in [0.4, 0.5) is 4.39 Å². The molecule has 160 valence electrons. The van der Waals surface area contributed by atoms with Crippen molar-refractivity contribution in [3.8, 4) is 11.5 Å². The van der Waals surface area contributed by atoms with Crippen molar-refractivity contribution in [1.82, 2.24) is 9.62 Å². The molecular formula is C21H23FN2O5S. The summed E-state index contributed by atoms with van der Waals surface area (Å²) in [5.74, 6) is 0.144. The summed E-state index contributed by atoms with van der Waals surface area (Å²) in [7, 11) is -3.88. The average Bonchev–Trinajstić information content (AvgIpc) is 3.25. The molecule has 4 rings (SSSR count). The molecular weight excluding hydrogens is 411 g/mol. The Hall–Kier alpha value is -2.65. The fourth-order valence-electron chi connectivity index (χ4n) is 3.66. The van der Waals surface area contributed by atoms with Crippen molar-refractivity contribution in [3.05, 3.63) is 53.3 Å². The zero-order chi connectivity index (χ0) is 21.3. The Kier molecular flexibility index (Phi) is 5.66. The minimum absolute atomic E-state index is 0.0621. The third-order valence-electron chi connectivity index (χ3n) is 5.33. The first-order valence-corrected chi connectivity index (χ1v) is 11.2. The van der Waals surface area contributed by atoms with Gasteiger partial charge < -0.3 is 14.8 Å². The lowest BCUT2D eigenvalue weighted by Crippen LogP contribution is -2.45. The van der Waals surface area contributed by atoms with Gasteiger partial charge in [0.1, 0.15) is 25.1 Å². The van der Waals surface area contributed by atoms with Gasteiger partial charge in [-0.3, -0.25) is 4.79 Å². The molecule has 0 aromatic heterocycles. The van der Waals surface area contributed by atoms with E-state index in [1.807, 2.05) is 0 Å². The van der Waals surface area contributed by atoms with Crippen molar-refractivity contribution in [3.63, 3.8) is 0 Å². The van der Waals surface area contributed by atoms with E-state index in [1.165, 1.54) is 22.5 Å². The summed E-state index contributed by atoms with van der Waals surface area (Å²) in [6.07, 6.45) is 1.01. The molecule has 2 aliphatic rings. The first kappa shape index (κ1) is 20.6. The number of carbonyl (C=O) groups excluding carboxylic acids is 1. The average molecular weight is 434 g/mol. The number of hydrogen-bond acceptors (Lipinski definition) is 5. The Morgan fingerprint density at radius 3 is 2.70 bits per heavy atom. The molecule has 1 fully saturated rings. The summed E-state index contributed by atoms with van der Waals surface area (Å²) < 4.78 is 52.2. The molecule has 1 N–H and O–H groups in total. The van der Waals surface area contributed by atoms with Crippen LogP contribution in [-0.2, 0) is 21.4 Å². The predicted molar refractivity (Wildman–Crippen MR) is 107 cm³/mol. The lowest BCUT2D eigenvalue weighted by atomic mass is 10.1. The zero-order valence-electron chi connectivity index (χ0n) is 16.6.